The second-order valence-corrected chi connectivity index (χ2v) is 10.3. The molecule has 0 atom stereocenters. The molecule has 0 bridgehead atoms. The molecule has 3 aromatic carbocycles. The molecule has 36 heavy (non-hydrogen) atoms. The highest BCUT2D eigenvalue weighted by atomic mass is 32.2. The number of rotatable bonds is 4. The number of amidine groups is 1. The smallest absolute Gasteiger partial charge is 0.272 e. The summed E-state index contributed by atoms with van der Waals surface area (Å²) in [7, 11) is -2.39. The van der Waals surface area contributed by atoms with E-state index in [1.807, 2.05) is 0 Å². The minimum Gasteiger partial charge on any atom is -0.497 e. The Balaban J connectivity index is 1.65. The molecular weight excluding hydrogens is 507 g/mol. The van der Waals surface area contributed by atoms with Crippen molar-refractivity contribution in [1.29, 1.82) is 0 Å². The van der Waals surface area contributed by atoms with Crippen molar-refractivity contribution in [3.05, 3.63) is 83.0 Å². The van der Waals surface area contributed by atoms with E-state index in [1.165, 1.54) is 60.5 Å². The van der Waals surface area contributed by atoms with Gasteiger partial charge in [0.25, 0.3) is 11.8 Å². The summed E-state index contributed by atoms with van der Waals surface area (Å²) in [6.07, 6.45) is 0. The van der Waals surface area contributed by atoms with Gasteiger partial charge < -0.3 is 10.1 Å². The Morgan fingerprint density at radius 3 is 2.36 bits per heavy atom. The molecular formula is C24H17FN4O5S2. The first-order chi connectivity index (χ1) is 17.2. The van der Waals surface area contributed by atoms with E-state index in [0.717, 1.165) is 11.8 Å². The number of fused-ring (bicyclic) bond motifs is 1. The van der Waals surface area contributed by atoms with Gasteiger partial charge in [-0.05, 0) is 78.5 Å². The number of halogens is 1. The second kappa shape index (κ2) is 8.90. The van der Waals surface area contributed by atoms with Gasteiger partial charge in [0.05, 0.1) is 33.9 Å². The van der Waals surface area contributed by atoms with E-state index in [4.69, 9.17) is 9.88 Å². The number of benzene rings is 3. The summed E-state index contributed by atoms with van der Waals surface area (Å²) in [4.78, 5) is 32.4. The van der Waals surface area contributed by atoms with E-state index in [1.54, 1.807) is 18.2 Å². The van der Waals surface area contributed by atoms with Crippen molar-refractivity contribution >= 4 is 61.4 Å². The maximum absolute atomic E-state index is 13.6. The van der Waals surface area contributed by atoms with Crippen molar-refractivity contribution in [1.82, 2.24) is 0 Å². The van der Waals surface area contributed by atoms with Gasteiger partial charge in [0.15, 0.2) is 5.17 Å². The lowest BCUT2D eigenvalue weighted by molar-refractivity contribution is -0.114. The molecule has 1 saturated heterocycles. The number of carbonyl (C=O) groups is 2. The monoisotopic (exact) mass is 524 g/mol. The Morgan fingerprint density at radius 1 is 1.03 bits per heavy atom. The van der Waals surface area contributed by atoms with Crippen LogP contribution in [0.15, 0.2) is 81.5 Å². The van der Waals surface area contributed by atoms with Gasteiger partial charge in [-0.15, -0.1) is 0 Å². The first-order valence-electron chi connectivity index (χ1n) is 10.4. The fraction of sp³-hybridized carbons (Fsp3) is 0.0417. The fourth-order valence-corrected chi connectivity index (χ4v) is 5.35. The average molecular weight is 525 g/mol. The molecule has 3 aromatic rings. The summed E-state index contributed by atoms with van der Waals surface area (Å²) in [6.45, 7) is 0. The molecule has 0 spiro atoms. The number of sulfonamides is 1. The number of nitrogens with zero attached hydrogens (tertiary/aromatic N) is 2. The van der Waals surface area contributed by atoms with Crippen molar-refractivity contribution in [3.8, 4) is 5.75 Å². The lowest BCUT2D eigenvalue weighted by Gasteiger charge is -2.15. The minimum absolute atomic E-state index is 0.0898. The molecule has 0 radical (unpaired) electrons. The molecule has 12 heteroatoms. The highest BCUT2D eigenvalue weighted by Crippen LogP contribution is 2.45. The Labute approximate surface area is 209 Å². The number of hydrogen-bond acceptors (Lipinski definition) is 7. The predicted octanol–water partition coefficient (Wildman–Crippen LogP) is 3.61. The van der Waals surface area contributed by atoms with Crippen LogP contribution in [0, 0.1) is 5.82 Å². The van der Waals surface area contributed by atoms with Gasteiger partial charge in [0, 0.05) is 11.3 Å². The lowest BCUT2D eigenvalue weighted by Crippen LogP contribution is -2.29. The van der Waals surface area contributed by atoms with Crippen LogP contribution in [0.3, 0.4) is 0 Å². The van der Waals surface area contributed by atoms with Crippen LogP contribution < -0.4 is 20.1 Å². The van der Waals surface area contributed by atoms with Gasteiger partial charge in [0.2, 0.25) is 10.0 Å². The number of carbonyl (C=O) groups excluding carboxylic acids is 2. The molecule has 0 aliphatic carbocycles. The highest BCUT2D eigenvalue weighted by molar-refractivity contribution is 8.19. The predicted molar refractivity (Wildman–Crippen MR) is 135 cm³/mol. The van der Waals surface area contributed by atoms with E-state index in [-0.39, 0.29) is 20.5 Å². The molecule has 2 aliphatic rings. The van der Waals surface area contributed by atoms with E-state index >= 15 is 0 Å². The SMILES string of the molecule is COc1ccc2c(c1)/C(=C1/S/C(=N\c3ccc(S(N)(=O)=O)cc3)N(c3ccc(F)cc3)C1=O)C(=O)N2. The Bertz CT molecular complexity index is 1580. The van der Waals surface area contributed by atoms with Crippen LogP contribution in [0.25, 0.3) is 5.57 Å². The summed E-state index contributed by atoms with van der Waals surface area (Å²) in [6, 6.07) is 15.8. The maximum Gasteiger partial charge on any atom is 0.272 e. The summed E-state index contributed by atoms with van der Waals surface area (Å²) in [5.41, 5.74) is 1.89. The van der Waals surface area contributed by atoms with Crippen molar-refractivity contribution in [3.63, 3.8) is 0 Å². The molecule has 2 heterocycles. The minimum atomic E-state index is -3.89. The zero-order valence-corrected chi connectivity index (χ0v) is 20.2. The number of ether oxygens (including phenoxy) is 1. The van der Waals surface area contributed by atoms with Gasteiger partial charge in [-0.1, -0.05) is 0 Å². The number of aliphatic imine (C=N–C) groups is 1. The number of thioether (sulfide) groups is 1. The normalized spacial score (nSPS) is 18.5. The molecule has 1 fully saturated rings. The van der Waals surface area contributed by atoms with Crippen LogP contribution in [0.5, 0.6) is 5.75 Å². The molecule has 9 nitrogen and oxygen atoms in total. The summed E-state index contributed by atoms with van der Waals surface area (Å²) in [5, 5.41) is 8.10. The van der Waals surface area contributed by atoms with Crippen LogP contribution in [0.2, 0.25) is 0 Å². The standard InChI is InChI=1S/C24H17FN4O5S2/c1-34-16-8-11-19-18(12-16)20(22(30)28-19)21-23(31)29(15-6-2-13(25)3-7-15)24(35-21)27-14-4-9-17(10-5-14)36(26,32)33/h2-12H,1H3,(H,28,30)(H2,26,32,33)/b21-20-,27-24-. The number of primary sulfonamides is 1. The largest absolute Gasteiger partial charge is 0.497 e. The molecule has 0 unspecified atom stereocenters. The third kappa shape index (κ3) is 4.26. The zero-order chi connectivity index (χ0) is 25.6. The van der Waals surface area contributed by atoms with Gasteiger partial charge >= 0.3 is 0 Å². The van der Waals surface area contributed by atoms with Gasteiger partial charge in [-0.25, -0.2) is 22.9 Å². The number of nitrogens with one attached hydrogen (secondary N) is 1. The van der Waals surface area contributed by atoms with E-state index in [0.29, 0.717) is 28.4 Å². The third-order valence-corrected chi connectivity index (χ3v) is 7.42. The van der Waals surface area contributed by atoms with Crippen molar-refractivity contribution in [2.24, 2.45) is 10.1 Å². The highest BCUT2D eigenvalue weighted by Gasteiger charge is 2.41. The molecule has 2 amide bonds. The molecule has 5 rings (SSSR count). The number of amides is 2. The molecule has 0 saturated carbocycles. The van der Waals surface area contributed by atoms with Crippen LogP contribution in [-0.4, -0.2) is 32.5 Å². The first-order valence-corrected chi connectivity index (χ1v) is 12.8. The average Bonchev–Trinajstić information content (AvgIpc) is 3.33. The number of anilines is 2. The maximum atomic E-state index is 13.6. The van der Waals surface area contributed by atoms with Crippen LogP contribution in [-0.2, 0) is 19.6 Å². The van der Waals surface area contributed by atoms with Crippen molar-refractivity contribution in [2.75, 3.05) is 17.3 Å². The molecule has 2 aliphatic heterocycles. The fourth-order valence-electron chi connectivity index (χ4n) is 3.74. The third-order valence-electron chi connectivity index (χ3n) is 5.46. The first kappa shape index (κ1) is 23.7. The zero-order valence-electron chi connectivity index (χ0n) is 18.6. The van der Waals surface area contributed by atoms with Gasteiger partial charge in [-0.2, -0.15) is 0 Å². The number of methoxy groups -OCH3 is 1. The Morgan fingerprint density at radius 2 is 1.72 bits per heavy atom. The van der Waals surface area contributed by atoms with Crippen LogP contribution >= 0.6 is 11.8 Å². The Hall–Kier alpha value is -4.00. The Kier molecular flexibility index (Phi) is 5.86. The number of nitrogens with two attached hydrogens (primary N) is 1. The molecule has 3 N–H and O–H groups in total. The molecule has 0 aromatic heterocycles. The van der Waals surface area contributed by atoms with E-state index in [2.05, 4.69) is 10.3 Å². The van der Waals surface area contributed by atoms with Crippen molar-refractivity contribution < 1.29 is 27.1 Å². The topological polar surface area (TPSA) is 131 Å². The lowest BCUT2D eigenvalue weighted by atomic mass is 10.1. The van der Waals surface area contributed by atoms with Crippen molar-refractivity contribution in [2.45, 2.75) is 4.90 Å². The summed E-state index contributed by atoms with van der Waals surface area (Å²) < 4.78 is 42.0. The van der Waals surface area contributed by atoms with E-state index in [9.17, 15) is 22.4 Å². The van der Waals surface area contributed by atoms with Crippen LogP contribution in [0.1, 0.15) is 5.56 Å². The number of hydrogen-bond donors (Lipinski definition) is 2. The summed E-state index contributed by atoms with van der Waals surface area (Å²) >= 11 is 0.976. The van der Waals surface area contributed by atoms with Gasteiger partial charge in [-0.3, -0.25) is 14.5 Å². The second-order valence-electron chi connectivity index (χ2n) is 7.72. The summed E-state index contributed by atoms with van der Waals surface area (Å²) in [5.74, 6) is -0.942. The molecule has 182 valence electrons. The van der Waals surface area contributed by atoms with Crippen LogP contribution in [0.4, 0.5) is 21.5 Å². The van der Waals surface area contributed by atoms with Gasteiger partial charge in [0.1, 0.15) is 11.6 Å². The quantitative estimate of drug-likeness (QED) is 0.502. The van der Waals surface area contributed by atoms with E-state index < -0.39 is 27.7 Å².